The maximum Gasteiger partial charge on any atom is 0.308 e. The number of carbonyl (C=O) groups is 4. The van der Waals surface area contributed by atoms with Gasteiger partial charge in [0, 0.05) is 26.2 Å². The predicted molar refractivity (Wildman–Crippen MR) is 191 cm³/mol. The van der Waals surface area contributed by atoms with E-state index in [0.29, 0.717) is 48.9 Å². The van der Waals surface area contributed by atoms with Crippen LogP contribution in [-0.4, -0.2) is 56.9 Å². The van der Waals surface area contributed by atoms with E-state index in [1.165, 1.54) is 0 Å². The van der Waals surface area contributed by atoms with Gasteiger partial charge >= 0.3 is 11.9 Å². The van der Waals surface area contributed by atoms with Crippen molar-refractivity contribution >= 4 is 23.8 Å². The fourth-order valence-corrected chi connectivity index (χ4v) is 6.79. The molecule has 0 bridgehead atoms. The van der Waals surface area contributed by atoms with Crippen molar-refractivity contribution in [3.63, 3.8) is 0 Å². The molecule has 0 radical (unpaired) electrons. The molecule has 1 saturated carbocycles. The van der Waals surface area contributed by atoms with Gasteiger partial charge in [-0.15, -0.1) is 0 Å². The Labute approximate surface area is 298 Å². The summed E-state index contributed by atoms with van der Waals surface area (Å²) in [6, 6.07) is 33.2. The quantitative estimate of drug-likeness (QED) is 0.123. The molecule has 1 aliphatic rings. The third-order valence-corrected chi connectivity index (χ3v) is 9.13. The van der Waals surface area contributed by atoms with Crippen LogP contribution in [0.5, 0.6) is 23.0 Å². The van der Waals surface area contributed by atoms with Gasteiger partial charge in [0.05, 0.1) is 23.7 Å². The van der Waals surface area contributed by atoms with E-state index in [9.17, 15) is 29.4 Å². The van der Waals surface area contributed by atoms with Gasteiger partial charge in [0.2, 0.25) is 11.8 Å². The van der Waals surface area contributed by atoms with Crippen molar-refractivity contribution in [1.29, 1.82) is 0 Å². The molecule has 0 unspecified atom stereocenters. The largest absolute Gasteiger partial charge is 0.481 e. The second-order valence-corrected chi connectivity index (χ2v) is 12.8. The van der Waals surface area contributed by atoms with Crippen LogP contribution in [0.2, 0.25) is 0 Å². The normalized spacial score (nSPS) is 18.1. The molecule has 1 fully saturated rings. The molecule has 0 spiro atoms. The number of nitrogens with zero attached hydrogens (tertiary/aromatic N) is 2. The fraction of sp³-hybridized carbons (Fsp3) is 0.317. The molecule has 0 aliphatic heterocycles. The zero-order valence-corrected chi connectivity index (χ0v) is 28.9. The smallest absolute Gasteiger partial charge is 0.308 e. The minimum absolute atomic E-state index is 0.167. The molecule has 1 aliphatic carbocycles. The van der Waals surface area contributed by atoms with Gasteiger partial charge in [-0.25, -0.2) is 0 Å². The Morgan fingerprint density at radius 3 is 1.20 bits per heavy atom. The van der Waals surface area contributed by atoms with Crippen LogP contribution in [-0.2, 0) is 32.3 Å². The van der Waals surface area contributed by atoms with Crippen molar-refractivity contribution in [2.24, 2.45) is 23.7 Å². The Balaban J connectivity index is 1.32. The van der Waals surface area contributed by atoms with E-state index < -0.39 is 47.4 Å². The average molecular weight is 693 g/mol. The van der Waals surface area contributed by atoms with E-state index in [0.717, 1.165) is 11.1 Å². The van der Waals surface area contributed by atoms with Crippen molar-refractivity contribution < 1.29 is 38.9 Å². The van der Waals surface area contributed by atoms with Gasteiger partial charge in [-0.05, 0) is 78.9 Å². The van der Waals surface area contributed by atoms with Crippen LogP contribution >= 0.6 is 0 Å². The summed E-state index contributed by atoms with van der Waals surface area (Å²) in [5, 5.41) is 20.7. The number of hydrogen-bond donors (Lipinski definition) is 2. The van der Waals surface area contributed by atoms with Crippen LogP contribution in [0, 0.1) is 23.7 Å². The summed E-state index contributed by atoms with van der Waals surface area (Å²) in [4.78, 5) is 56.8. The van der Waals surface area contributed by atoms with Gasteiger partial charge in [-0.2, -0.15) is 0 Å². The number of carbonyl (C=O) groups excluding carboxylic acids is 2. The molecule has 0 saturated heterocycles. The van der Waals surface area contributed by atoms with Crippen LogP contribution < -0.4 is 9.47 Å². The lowest BCUT2D eigenvalue weighted by Crippen LogP contribution is -2.42. The Morgan fingerprint density at radius 2 is 0.882 bits per heavy atom. The maximum absolute atomic E-state index is 14.2. The minimum Gasteiger partial charge on any atom is -0.481 e. The fourth-order valence-electron chi connectivity index (χ4n) is 6.79. The number of hydrogen-bond acceptors (Lipinski definition) is 6. The number of carboxylic acid groups (broad SMARTS) is 2. The molecule has 2 amide bonds. The summed E-state index contributed by atoms with van der Waals surface area (Å²) in [6.45, 7) is 4.90. The highest BCUT2D eigenvalue weighted by atomic mass is 16.5. The molecule has 5 rings (SSSR count). The minimum atomic E-state index is -1.55. The summed E-state index contributed by atoms with van der Waals surface area (Å²) < 4.78 is 11.8. The molecule has 4 atom stereocenters. The zero-order chi connectivity index (χ0) is 36.3. The predicted octanol–water partition coefficient (Wildman–Crippen LogP) is 7.49. The van der Waals surface area contributed by atoms with Gasteiger partial charge in [0.15, 0.2) is 0 Å². The van der Waals surface area contributed by atoms with E-state index in [2.05, 4.69) is 0 Å². The van der Waals surface area contributed by atoms with Crippen molar-refractivity contribution in [3.05, 3.63) is 120 Å². The SMILES string of the molecule is CCCN(Cc1ccc(Oc2ccccc2)cc1)C(=O)[C@H]1C[C@H](C(=O)N(CCC)Cc2ccc(Oc3ccccc3)cc2)[C@H](C(=O)O)[C@H]1C(=O)O. The maximum atomic E-state index is 14.2. The number of aliphatic carboxylic acids is 2. The Morgan fingerprint density at radius 1 is 0.549 bits per heavy atom. The lowest BCUT2D eigenvalue weighted by molar-refractivity contribution is -0.159. The first-order valence-corrected chi connectivity index (χ1v) is 17.3. The van der Waals surface area contributed by atoms with E-state index in [-0.39, 0.29) is 19.5 Å². The second kappa shape index (κ2) is 17.3. The molecular weight excluding hydrogens is 648 g/mol. The number of para-hydroxylation sites is 2. The molecule has 4 aromatic carbocycles. The number of rotatable bonds is 16. The molecule has 10 heteroatoms. The van der Waals surface area contributed by atoms with Crippen LogP contribution in [0.1, 0.15) is 44.2 Å². The standard InChI is InChI=1S/C41H44N2O8/c1-3-23-42(26-28-15-19-32(20-16-28)50-30-11-7-5-8-12-30)38(44)34-25-35(37(41(48)49)36(34)40(46)47)39(45)43(24-4-2)27-29-17-21-33(22-18-29)51-31-13-9-6-10-14-31/h5-22,34-37H,3-4,23-27H2,1-2H3,(H,46,47)(H,48,49)/t34-,35-,36-,37-/m0/s1. The summed E-state index contributed by atoms with van der Waals surface area (Å²) >= 11 is 0. The van der Waals surface area contributed by atoms with E-state index in [1.807, 2.05) is 98.8 Å². The molecule has 0 heterocycles. The van der Waals surface area contributed by atoms with Gasteiger partial charge in [0.25, 0.3) is 0 Å². The molecule has 0 aromatic heterocycles. The van der Waals surface area contributed by atoms with Gasteiger partial charge in [0.1, 0.15) is 23.0 Å². The highest BCUT2D eigenvalue weighted by molar-refractivity contribution is 5.94. The number of ether oxygens (including phenoxy) is 2. The third kappa shape index (κ3) is 9.33. The molecular formula is C41H44N2O8. The molecule has 2 N–H and O–H groups in total. The summed E-state index contributed by atoms with van der Waals surface area (Å²) in [5.74, 6) is -6.56. The topological polar surface area (TPSA) is 134 Å². The summed E-state index contributed by atoms with van der Waals surface area (Å²) in [7, 11) is 0. The van der Waals surface area contributed by atoms with Crippen molar-refractivity contribution in [2.75, 3.05) is 13.1 Å². The van der Waals surface area contributed by atoms with Gasteiger partial charge < -0.3 is 29.5 Å². The van der Waals surface area contributed by atoms with Crippen LogP contribution in [0.4, 0.5) is 0 Å². The van der Waals surface area contributed by atoms with Crippen LogP contribution in [0.25, 0.3) is 0 Å². The third-order valence-electron chi connectivity index (χ3n) is 9.13. The van der Waals surface area contributed by atoms with Gasteiger partial charge in [-0.1, -0.05) is 74.5 Å². The first kappa shape index (κ1) is 36.6. The Kier molecular flexibility index (Phi) is 12.5. The lowest BCUT2D eigenvalue weighted by atomic mass is 9.86. The zero-order valence-electron chi connectivity index (χ0n) is 28.9. The Hall–Kier alpha value is -5.64. The highest BCUT2D eigenvalue weighted by Crippen LogP contribution is 2.44. The van der Waals surface area contributed by atoms with Gasteiger partial charge in [-0.3, -0.25) is 19.2 Å². The second-order valence-electron chi connectivity index (χ2n) is 12.8. The van der Waals surface area contributed by atoms with Crippen LogP contribution in [0.3, 0.4) is 0 Å². The Bertz CT molecular complexity index is 1630. The summed E-state index contributed by atoms with van der Waals surface area (Å²) in [5.41, 5.74) is 1.61. The van der Waals surface area contributed by atoms with Crippen molar-refractivity contribution in [3.8, 4) is 23.0 Å². The van der Waals surface area contributed by atoms with Crippen molar-refractivity contribution in [1.82, 2.24) is 9.80 Å². The number of benzene rings is 4. The van der Waals surface area contributed by atoms with Crippen LogP contribution in [0.15, 0.2) is 109 Å². The first-order chi connectivity index (χ1) is 24.7. The molecule has 4 aromatic rings. The molecule has 266 valence electrons. The highest BCUT2D eigenvalue weighted by Gasteiger charge is 2.57. The first-order valence-electron chi connectivity index (χ1n) is 17.3. The number of carboxylic acids is 2. The lowest BCUT2D eigenvalue weighted by Gasteiger charge is -2.28. The number of amides is 2. The van der Waals surface area contributed by atoms with E-state index in [4.69, 9.17) is 9.47 Å². The van der Waals surface area contributed by atoms with Crippen molar-refractivity contribution in [2.45, 2.75) is 46.2 Å². The molecule has 10 nitrogen and oxygen atoms in total. The average Bonchev–Trinajstić information content (AvgIpc) is 3.55. The molecule has 51 heavy (non-hydrogen) atoms. The monoisotopic (exact) mass is 692 g/mol. The van der Waals surface area contributed by atoms with E-state index in [1.54, 1.807) is 34.1 Å². The summed E-state index contributed by atoms with van der Waals surface area (Å²) in [6.07, 6.45) is 1.05. The van der Waals surface area contributed by atoms with E-state index >= 15 is 0 Å².